The summed E-state index contributed by atoms with van der Waals surface area (Å²) in [7, 11) is 0. The minimum Gasteiger partial charge on any atom is -0.480 e. The van der Waals surface area contributed by atoms with Crippen LogP contribution in [-0.4, -0.2) is 35.2 Å². The van der Waals surface area contributed by atoms with Gasteiger partial charge in [0.1, 0.15) is 6.04 Å². The Kier molecular flexibility index (Phi) is 4.21. The van der Waals surface area contributed by atoms with Gasteiger partial charge in [-0.2, -0.15) is 0 Å². The smallest absolute Gasteiger partial charge is 0.326 e. The predicted octanol–water partition coefficient (Wildman–Crippen LogP) is -1.19. The van der Waals surface area contributed by atoms with Crippen LogP contribution < -0.4 is 5.32 Å². The van der Waals surface area contributed by atoms with Gasteiger partial charge in [-0.1, -0.05) is 6.92 Å². The van der Waals surface area contributed by atoms with Crippen LogP contribution >= 0.6 is 0 Å². The lowest BCUT2D eigenvalue weighted by Gasteiger charge is -2.16. The van der Waals surface area contributed by atoms with E-state index < -0.39 is 17.9 Å². The first-order valence-electron chi connectivity index (χ1n) is 3.16. The van der Waals surface area contributed by atoms with Crippen molar-refractivity contribution in [1.29, 1.82) is 0 Å². The maximum atomic E-state index is 10.4. The number of carbonyl (C=O) groups excluding carboxylic acids is 1. The number of carboxylic acid groups (broad SMARTS) is 1. The zero-order valence-corrected chi connectivity index (χ0v) is 6.15. The summed E-state index contributed by atoms with van der Waals surface area (Å²) in [5, 5.41) is 19.1. The van der Waals surface area contributed by atoms with E-state index in [0.29, 0.717) is 6.41 Å². The maximum absolute atomic E-state index is 10.4. The van der Waals surface area contributed by atoms with E-state index in [1.54, 1.807) is 0 Å². The number of amides is 1. The third-order valence-corrected chi connectivity index (χ3v) is 1.37. The zero-order valence-electron chi connectivity index (χ0n) is 6.15. The number of hydrogen-bond acceptors (Lipinski definition) is 3. The van der Waals surface area contributed by atoms with E-state index in [0.717, 1.165) is 0 Å². The molecule has 5 nitrogen and oxygen atoms in total. The number of nitrogens with one attached hydrogen (secondary N) is 1. The highest BCUT2D eigenvalue weighted by Gasteiger charge is 2.22. The summed E-state index contributed by atoms with van der Waals surface area (Å²) in [6, 6.07) is -1.00. The van der Waals surface area contributed by atoms with Crippen LogP contribution in [-0.2, 0) is 9.59 Å². The standard InChI is InChI=1S/C6H11NO4/c1-4(2-8)5(6(10)11)7-3-9/h3-5,8H,2H2,1H3,(H,7,9)(H,10,11). The van der Waals surface area contributed by atoms with Crippen LogP contribution in [0.1, 0.15) is 6.92 Å². The van der Waals surface area contributed by atoms with Crippen molar-refractivity contribution < 1.29 is 19.8 Å². The van der Waals surface area contributed by atoms with Crippen molar-refractivity contribution >= 4 is 12.4 Å². The first-order valence-corrected chi connectivity index (χ1v) is 3.16. The lowest BCUT2D eigenvalue weighted by atomic mass is 10.0. The predicted molar refractivity (Wildman–Crippen MR) is 36.9 cm³/mol. The van der Waals surface area contributed by atoms with Crippen LogP contribution in [0.3, 0.4) is 0 Å². The molecule has 0 rings (SSSR count). The molecule has 0 aromatic heterocycles. The molecule has 3 N–H and O–H groups in total. The number of carbonyl (C=O) groups is 2. The quantitative estimate of drug-likeness (QED) is 0.443. The molecule has 0 aliphatic carbocycles. The first-order chi connectivity index (χ1) is 5.13. The Balaban J connectivity index is 4.08. The third-order valence-electron chi connectivity index (χ3n) is 1.37. The van der Waals surface area contributed by atoms with E-state index in [1.807, 2.05) is 0 Å². The average molecular weight is 161 g/mol. The molecule has 0 aromatic carbocycles. The molecule has 0 spiro atoms. The first kappa shape index (κ1) is 9.90. The van der Waals surface area contributed by atoms with Gasteiger partial charge in [-0.05, 0) is 0 Å². The summed E-state index contributed by atoms with van der Waals surface area (Å²) in [5.41, 5.74) is 0. The molecule has 5 heteroatoms. The van der Waals surface area contributed by atoms with E-state index in [1.165, 1.54) is 6.92 Å². The van der Waals surface area contributed by atoms with Crippen LogP contribution in [0.15, 0.2) is 0 Å². The zero-order chi connectivity index (χ0) is 8.85. The summed E-state index contributed by atoms with van der Waals surface area (Å²) >= 11 is 0. The number of rotatable bonds is 5. The second kappa shape index (κ2) is 4.68. The van der Waals surface area contributed by atoms with E-state index in [2.05, 4.69) is 5.32 Å². The average Bonchev–Trinajstić information content (AvgIpc) is 1.98. The van der Waals surface area contributed by atoms with E-state index in [4.69, 9.17) is 10.2 Å². The number of aliphatic hydroxyl groups is 1. The molecule has 2 atom stereocenters. The molecule has 0 aliphatic heterocycles. The lowest BCUT2D eigenvalue weighted by molar-refractivity contribution is -0.142. The Morgan fingerprint density at radius 3 is 2.55 bits per heavy atom. The summed E-state index contributed by atoms with van der Waals surface area (Å²) in [6.45, 7) is 1.27. The molecule has 0 aromatic rings. The van der Waals surface area contributed by atoms with Gasteiger partial charge in [-0.25, -0.2) is 4.79 Å². The van der Waals surface area contributed by atoms with Gasteiger partial charge in [0, 0.05) is 12.5 Å². The largest absolute Gasteiger partial charge is 0.480 e. The van der Waals surface area contributed by atoms with Crippen molar-refractivity contribution in [2.24, 2.45) is 5.92 Å². The summed E-state index contributed by atoms with van der Waals surface area (Å²) < 4.78 is 0. The molecule has 0 saturated carbocycles. The van der Waals surface area contributed by atoms with Crippen molar-refractivity contribution in [3.63, 3.8) is 0 Å². The molecule has 0 radical (unpaired) electrons. The van der Waals surface area contributed by atoms with Crippen LogP contribution in [0.2, 0.25) is 0 Å². The lowest BCUT2D eigenvalue weighted by Crippen LogP contribution is -2.42. The van der Waals surface area contributed by atoms with Crippen LogP contribution in [0, 0.1) is 5.92 Å². The number of carboxylic acids is 1. The molecule has 0 heterocycles. The Morgan fingerprint density at radius 1 is 1.73 bits per heavy atom. The molecule has 0 fully saturated rings. The molecular weight excluding hydrogens is 150 g/mol. The van der Waals surface area contributed by atoms with Gasteiger partial charge in [0.25, 0.3) is 0 Å². The topological polar surface area (TPSA) is 86.6 Å². The number of hydrogen-bond donors (Lipinski definition) is 3. The van der Waals surface area contributed by atoms with Gasteiger partial charge < -0.3 is 15.5 Å². The fraction of sp³-hybridized carbons (Fsp3) is 0.667. The van der Waals surface area contributed by atoms with Crippen molar-refractivity contribution in [1.82, 2.24) is 5.32 Å². The number of aliphatic hydroxyl groups excluding tert-OH is 1. The summed E-state index contributed by atoms with van der Waals surface area (Å²) in [6.07, 6.45) is 0.310. The molecule has 0 saturated heterocycles. The van der Waals surface area contributed by atoms with Crippen molar-refractivity contribution in [2.75, 3.05) is 6.61 Å². The van der Waals surface area contributed by atoms with Gasteiger partial charge >= 0.3 is 5.97 Å². The fourth-order valence-electron chi connectivity index (χ4n) is 0.658. The SMILES string of the molecule is CC(CO)C(NC=O)C(=O)O. The molecule has 0 bridgehead atoms. The van der Waals surface area contributed by atoms with Crippen molar-refractivity contribution in [2.45, 2.75) is 13.0 Å². The Bertz CT molecular complexity index is 148. The maximum Gasteiger partial charge on any atom is 0.326 e. The molecule has 11 heavy (non-hydrogen) atoms. The van der Waals surface area contributed by atoms with Gasteiger partial charge in [0.15, 0.2) is 0 Å². The second-order valence-corrected chi connectivity index (χ2v) is 2.26. The molecule has 1 amide bonds. The highest BCUT2D eigenvalue weighted by Crippen LogP contribution is 2.00. The Labute approximate surface area is 64.0 Å². The fourth-order valence-corrected chi connectivity index (χ4v) is 0.658. The van der Waals surface area contributed by atoms with Crippen LogP contribution in [0.5, 0.6) is 0 Å². The van der Waals surface area contributed by atoms with E-state index in [9.17, 15) is 9.59 Å². The van der Waals surface area contributed by atoms with Crippen LogP contribution in [0.25, 0.3) is 0 Å². The Morgan fingerprint density at radius 2 is 2.27 bits per heavy atom. The minimum absolute atomic E-state index is 0.266. The molecule has 2 unspecified atom stereocenters. The van der Waals surface area contributed by atoms with Crippen LogP contribution in [0.4, 0.5) is 0 Å². The Hall–Kier alpha value is -1.10. The van der Waals surface area contributed by atoms with Gasteiger partial charge in [-0.3, -0.25) is 4.79 Å². The summed E-state index contributed by atoms with van der Waals surface area (Å²) in [4.78, 5) is 20.2. The van der Waals surface area contributed by atoms with Gasteiger partial charge in [0.05, 0.1) is 0 Å². The second-order valence-electron chi connectivity index (χ2n) is 2.26. The highest BCUT2D eigenvalue weighted by atomic mass is 16.4. The van der Waals surface area contributed by atoms with Crippen molar-refractivity contribution in [3.8, 4) is 0 Å². The molecule has 64 valence electrons. The highest BCUT2D eigenvalue weighted by molar-refractivity contribution is 5.76. The molecule has 0 aliphatic rings. The van der Waals surface area contributed by atoms with Gasteiger partial charge in [0.2, 0.25) is 6.41 Å². The number of aliphatic carboxylic acids is 1. The molecular formula is C6H11NO4. The van der Waals surface area contributed by atoms with E-state index in [-0.39, 0.29) is 6.61 Å². The van der Waals surface area contributed by atoms with Crippen molar-refractivity contribution in [3.05, 3.63) is 0 Å². The normalized spacial score (nSPS) is 15.1. The van der Waals surface area contributed by atoms with E-state index >= 15 is 0 Å². The minimum atomic E-state index is -1.14. The van der Waals surface area contributed by atoms with Gasteiger partial charge in [-0.15, -0.1) is 0 Å². The monoisotopic (exact) mass is 161 g/mol. The third kappa shape index (κ3) is 2.99. The summed E-state index contributed by atoms with van der Waals surface area (Å²) in [5.74, 6) is -1.61.